The lowest BCUT2D eigenvalue weighted by molar-refractivity contribution is -0.207. The van der Waals surface area contributed by atoms with Gasteiger partial charge >= 0.3 is 6.18 Å². The number of hydrogen-bond acceptors (Lipinski definition) is 1. The molecule has 0 aliphatic rings. The predicted octanol–water partition coefficient (Wildman–Crippen LogP) is 3.21. The molecule has 0 spiro atoms. The molecule has 1 aromatic carbocycles. The Morgan fingerprint density at radius 2 is 1.47 bits per heavy atom. The van der Waals surface area contributed by atoms with Gasteiger partial charge in [0.25, 0.3) is 0 Å². The molecule has 0 fully saturated rings. The van der Waals surface area contributed by atoms with Gasteiger partial charge in [0.1, 0.15) is 0 Å². The molecule has 1 N–H and O–H groups in total. The lowest BCUT2D eigenvalue weighted by Gasteiger charge is -2.18. The number of hydrogen-bond donors (Lipinski definition) is 1. The van der Waals surface area contributed by atoms with Crippen LogP contribution in [0.1, 0.15) is 28.4 Å². The Kier molecular flexibility index (Phi) is 3.09. The van der Waals surface area contributed by atoms with Gasteiger partial charge in [-0.1, -0.05) is 12.1 Å². The molecule has 0 bridgehead atoms. The van der Waals surface area contributed by atoms with E-state index in [9.17, 15) is 13.2 Å². The number of halogens is 3. The molecule has 0 radical (unpaired) electrons. The molecular formula is C11H13F3O. The summed E-state index contributed by atoms with van der Waals surface area (Å²) in [5, 5.41) is 9.13. The Morgan fingerprint density at radius 1 is 1.00 bits per heavy atom. The zero-order valence-electron chi connectivity index (χ0n) is 8.81. The zero-order valence-corrected chi connectivity index (χ0v) is 8.81. The van der Waals surface area contributed by atoms with Crippen molar-refractivity contribution in [2.75, 3.05) is 0 Å². The average molecular weight is 218 g/mol. The number of aliphatic hydroxyl groups is 1. The molecule has 15 heavy (non-hydrogen) atoms. The van der Waals surface area contributed by atoms with E-state index in [2.05, 4.69) is 0 Å². The van der Waals surface area contributed by atoms with Crippen molar-refractivity contribution in [1.29, 1.82) is 0 Å². The van der Waals surface area contributed by atoms with E-state index in [0.29, 0.717) is 5.56 Å². The summed E-state index contributed by atoms with van der Waals surface area (Å²) < 4.78 is 36.9. The minimum Gasteiger partial charge on any atom is -0.379 e. The first-order valence-corrected chi connectivity index (χ1v) is 4.56. The van der Waals surface area contributed by atoms with Crippen LogP contribution < -0.4 is 0 Å². The number of aliphatic hydroxyl groups excluding tert-OH is 1. The van der Waals surface area contributed by atoms with Gasteiger partial charge in [-0.25, -0.2) is 0 Å². The summed E-state index contributed by atoms with van der Waals surface area (Å²) in [7, 11) is 0. The summed E-state index contributed by atoms with van der Waals surface area (Å²) in [6, 6.07) is 3.04. The van der Waals surface area contributed by atoms with Gasteiger partial charge in [0.2, 0.25) is 0 Å². The van der Waals surface area contributed by atoms with E-state index in [0.717, 1.165) is 11.1 Å². The molecule has 0 heterocycles. The molecule has 1 nitrogen and oxygen atoms in total. The normalized spacial score (nSPS) is 14.1. The maximum Gasteiger partial charge on any atom is 0.418 e. The average Bonchev–Trinajstić information content (AvgIpc) is 2.08. The summed E-state index contributed by atoms with van der Waals surface area (Å²) in [4.78, 5) is 0. The zero-order chi connectivity index (χ0) is 11.8. The molecule has 1 unspecified atom stereocenters. The quantitative estimate of drug-likeness (QED) is 0.767. The number of alkyl halides is 3. The Labute approximate surface area is 86.5 Å². The van der Waals surface area contributed by atoms with Crippen LogP contribution in [0.15, 0.2) is 12.1 Å². The molecular weight excluding hydrogens is 205 g/mol. The van der Waals surface area contributed by atoms with Gasteiger partial charge < -0.3 is 5.11 Å². The summed E-state index contributed by atoms with van der Waals surface area (Å²) in [6.07, 6.45) is -7.00. The predicted molar refractivity (Wildman–Crippen MR) is 51.7 cm³/mol. The lowest BCUT2D eigenvalue weighted by atomic mass is 9.97. The third-order valence-corrected chi connectivity index (χ3v) is 2.49. The second-order valence-electron chi connectivity index (χ2n) is 3.74. The third-order valence-electron chi connectivity index (χ3n) is 2.49. The molecule has 1 aromatic rings. The van der Waals surface area contributed by atoms with Gasteiger partial charge in [-0.15, -0.1) is 0 Å². The fraction of sp³-hybridized carbons (Fsp3) is 0.455. The monoisotopic (exact) mass is 218 g/mol. The maximum absolute atomic E-state index is 12.3. The van der Waals surface area contributed by atoms with Gasteiger partial charge in [0.15, 0.2) is 6.10 Å². The van der Waals surface area contributed by atoms with Gasteiger partial charge in [-0.3, -0.25) is 0 Å². The summed E-state index contributed by atoms with van der Waals surface area (Å²) in [5.74, 6) is 0. The molecule has 4 heteroatoms. The summed E-state index contributed by atoms with van der Waals surface area (Å²) >= 11 is 0. The van der Waals surface area contributed by atoms with E-state index < -0.39 is 12.3 Å². The van der Waals surface area contributed by atoms with Crippen molar-refractivity contribution in [3.8, 4) is 0 Å². The molecule has 1 rings (SSSR count). The highest BCUT2D eigenvalue weighted by molar-refractivity contribution is 5.38. The SMILES string of the molecule is Cc1cc(C)c(C(O)C(F)(F)F)cc1C. The van der Waals surface area contributed by atoms with E-state index >= 15 is 0 Å². The van der Waals surface area contributed by atoms with Crippen molar-refractivity contribution >= 4 is 0 Å². The molecule has 0 saturated heterocycles. The molecule has 0 aliphatic heterocycles. The van der Waals surface area contributed by atoms with E-state index in [-0.39, 0.29) is 5.56 Å². The number of benzene rings is 1. The van der Waals surface area contributed by atoms with Gasteiger partial charge in [-0.2, -0.15) is 13.2 Å². The molecule has 0 saturated carbocycles. The van der Waals surface area contributed by atoms with Crippen molar-refractivity contribution in [1.82, 2.24) is 0 Å². The van der Waals surface area contributed by atoms with Crippen LogP contribution in [0.3, 0.4) is 0 Å². The molecule has 1 atom stereocenters. The van der Waals surface area contributed by atoms with Crippen LogP contribution in [-0.4, -0.2) is 11.3 Å². The maximum atomic E-state index is 12.3. The molecule has 0 aliphatic carbocycles. The summed E-state index contributed by atoms with van der Waals surface area (Å²) in [5.41, 5.74) is 2.07. The fourth-order valence-electron chi connectivity index (χ4n) is 1.45. The van der Waals surface area contributed by atoms with Gasteiger partial charge in [0, 0.05) is 0 Å². The van der Waals surface area contributed by atoms with E-state index in [1.807, 2.05) is 6.92 Å². The Hall–Kier alpha value is -1.03. The first-order chi connectivity index (χ1) is 6.73. The van der Waals surface area contributed by atoms with Gasteiger partial charge in [0.05, 0.1) is 0 Å². The van der Waals surface area contributed by atoms with Crippen LogP contribution in [0, 0.1) is 20.8 Å². The highest BCUT2D eigenvalue weighted by atomic mass is 19.4. The first-order valence-electron chi connectivity index (χ1n) is 4.56. The van der Waals surface area contributed by atoms with Crippen molar-refractivity contribution in [3.05, 3.63) is 34.4 Å². The fourth-order valence-corrected chi connectivity index (χ4v) is 1.45. The molecule has 0 amide bonds. The Bertz CT molecular complexity index is 369. The van der Waals surface area contributed by atoms with Crippen LogP contribution in [0.2, 0.25) is 0 Å². The Morgan fingerprint density at radius 3 is 1.93 bits per heavy atom. The molecule has 84 valence electrons. The summed E-state index contributed by atoms with van der Waals surface area (Å²) in [6.45, 7) is 5.12. The first kappa shape index (κ1) is 12.0. The van der Waals surface area contributed by atoms with Gasteiger partial charge in [-0.05, 0) is 43.0 Å². The number of rotatable bonds is 1. The van der Waals surface area contributed by atoms with E-state index in [1.54, 1.807) is 19.9 Å². The van der Waals surface area contributed by atoms with Crippen LogP contribution in [-0.2, 0) is 0 Å². The third kappa shape index (κ3) is 2.50. The smallest absolute Gasteiger partial charge is 0.379 e. The minimum atomic E-state index is -4.60. The largest absolute Gasteiger partial charge is 0.418 e. The Balaban J connectivity index is 3.21. The van der Waals surface area contributed by atoms with Crippen LogP contribution in [0.25, 0.3) is 0 Å². The second-order valence-corrected chi connectivity index (χ2v) is 3.74. The minimum absolute atomic E-state index is 0.0643. The second kappa shape index (κ2) is 3.85. The van der Waals surface area contributed by atoms with Crippen LogP contribution >= 0.6 is 0 Å². The van der Waals surface area contributed by atoms with Crippen molar-refractivity contribution in [2.24, 2.45) is 0 Å². The van der Waals surface area contributed by atoms with Crippen molar-refractivity contribution in [3.63, 3.8) is 0 Å². The highest BCUT2D eigenvalue weighted by Crippen LogP contribution is 2.34. The van der Waals surface area contributed by atoms with E-state index in [1.165, 1.54) is 6.07 Å². The van der Waals surface area contributed by atoms with Crippen molar-refractivity contribution < 1.29 is 18.3 Å². The van der Waals surface area contributed by atoms with Crippen molar-refractivity contribution in [2.45, 2.75) is 33.1 Å². The molecule has 0 aromatic heterocycles. The standard InChI is InChI=1S/C11H13F3O/c1-6-4-8(3)9(5-7(6)2)10(15)11(12,13)14/h4-5,10,15H,1-3H3. The topological polar surface area (TPSA) is 20.2 Å². The van der Waals surface area contributed by atoms with Crippen LogP contribution in [0.5, 0.6) is 0 Å². The lowest BCUT2D eigenvalue weighted by Crippen LogP contribution is -2.21. The van der Waals surface area contributed by atoms with Crippen LogP contribution in [0.4, 0.5) is 13.2 Å². The number of aryl methyl sites for hydroxylation is 3. The highest BCUT2D eigenvalue weighted by Gasteiger charge is 2.40. The van der Waals surface area contributed by atoms with E-state index in [4.69, 9.17) is 5.11 Å².